The lowest BCUT2D eigenvalue weighted by Crippen LogP contribution is -2.31. The van der Waals surface area contributed by atoms with Gasteiger partial charge in [-0.25, -0.2) is 4.52 Å². The molecule has 0 atom stereocenters. The van der Waals surface area contributed by atoms with Crippen molar-refractivity contribution in [1.29, 1.82) is 0 Å². The van der Waals surface area contributed by atoms with Gasteiger partial charge in [-0.2, -0.15) is 5.10 Å². The number of carbonyl (C=O) groups is 2. The highest BCUT2D eigenvalue weighted by Gasteiger charge is 2.23. The van der Waals surface area contributed by atoms with Gasteiger partial charge in [-0.15, -0.1) is 12.4 Å². The number of halogens is 1. The van der Waals surface area contributed by atoms with E-state index in [1.54, 1.807) is 17.6 Å². The van der Waals surface area contributed by atoms with E-state index in [0.717, 1.165) is 31.6 Å². The number of H-pyrrole nitrogens is 1. The molecule has 0 aliphatic carbocycles. The second kappa shape index (κ2) is 8.33. The Hall–Kier alpha value is -2.39. The summed E-state index contributed by atoms with van der Waals surface area (Å²) in [6, 6.07) is 1.56. The van der Waals surface area contributed by atoms with Crippen LogP contribution in [0.3, 0.4) is 0 Å². The van der Waals surface area contributed by atoms with E-state index >= 15 is 0 Å². The Balaban J connectivity index is 0.00000243. The van der Waals surface area contributed by atoms with Crippen LogP contribution in [0.15, 0.2) is 17.1 Å². The van der Waals surface area contributed by atoms with Gasteiger partial charge in [0.15, 0.2) is 0 Å². The first-order valence-corrected chi connectivity index (χ1v) is 8.33. The lowest BCUT2D eigenvalue weighted by atomic mass is 9.94. The molecule has 0 saturated carbocycles. The lowest BCUT2D eigenvalue weighted by molar-refractivity contribution is -0.118. The topological polar surface area (TPSA) is 126 Å². The maximum Gasteiger partial charge on any atom is 0.259 e. The second-order valence-corrected chi connectivity index (χ2v) is 6.34. The highest BCUT2D eigenvalue weighted by molar-refractivity contribution is 5.99. The Kier molecular flexibility index (Phi) is 6.38. The average Bonchev–Trinajstić information content (AvgIpc) is 3.02. The first-order chi connectivity index (χ1) is 12.0. The number of nitrogens with two attached hydrogens (primary N) is 1. The third-order valence-electron chi connectivity index (χ3n) is 4.56. The van der Waals surface area contributed by atoms with E-state index in [0.29, 0.717) is 11.2 Å². The zero-order valence-corrected chi connectivity index (χ0v) is 15.3. The molecule has 4 N–H and O–H groups in total. The Morgan fingerprint density at radius 2 is 2.08 bits per heavy atom. The minimum Gasteiger partial charge on any atom is -0.370 e. The maximum absolute atomic E-state index is 12.6. The summed E-state index contributed by atoms with van der Waals surface area (Å²) in [7, 11) is 1.59. The van der Waals surface area contributed by atoms with E-state index in [1.807, 2.05) is 0 Å². The fraction of sp³-hybridized carbons (Fsp3) is 0.500. The lowest BCUT2D eigenvalue weighted by Gasteiger charge is -2.23. The Morgan fingerprint density at radius 1 is 1.38 bits per heavy atom. The molecule has 0 bridgehead atoms. The monoisotopic (exact) mass is 382 g/mol. The van der Waals surface area contributed by atoms with Crippen LogP contribution in [0, 0.1) is 0 Å². The van der Waals surface area contributed by atoms with Gasteiger partial charge in [0.25, 0.3) is 11.5 Å². The molecule has 10 heteroatoms. The second-order valence-electron chi connectivity index (χ2n) is 6.34. The van der Waals surface area contributed by atoms with Crippen molar-refractivity contribution in [2.24, 2.45) is 5.73 Å². The summed E-state index contributed by atoms with van der Waals surface area (Å²) in [5.74, 6) is -0.558. The molecule has 0 aromatic carbocycles. The summed E-state index contributed by atoms with van der Waals surface area (Å²) in [6.45, 7) is 1.99. The first-order valence-electron chi connectivity index (χ1n) is 8.33. The number of primary amides is 1. The van der Waals surface area contributed by atoms with E-state index < -0.39 is 5.91 Å². The molecule has 1 fully saturated rings. The summed E-state index contributed by atoms with van der Waals surface area (Å²) in [5, 5.41) is 7.62. The predicted molar refractivity (Wildman–Crippen MR) is 98.7 cm³/mol. The number of amides is 2. The molecule has 1 saturated heterocycles. The molecule has 2 amide bonds. The zero-order valence-electron chi connectivity index (χ0n) is 14.5. The van der Waals surface area contributed by atoms with Crippen molar-refractivity contribution < 1.29 is 9.59 Å². The minimum atomic E-state index is -0.471. The van der Waals surface area contributed by atoms with E-state index in [4.69, 9.17) is 5.73 Å². The van der Waals surface area contributed by atoms with Crippen LogP contribution >= 0.6 is 12.4 Å². The molecule has 2 aromatic heterocycles. The van der Waals surface area contributed by atoms with Crippen LogP contribution in [0.2, 0.25) is 0 Å². The van der Waals surface area contributed by atoms with E-state index in [-0.39, 0.29) is 42.8 Å². The standard InChI is InChI=1S/C16H22N6O3.ClH/c1-21(7-4-13(17)23)16(25)11-9-19-22-12(8-14(24)20-15(11)22)10-2-5-18-6-3-10;/h8-10,18H,2-7H2,1H3,(H2,17,23)(H,20,24);1H. The molecule has 3 heterocycles. The number of hydrogen-bond donors (Lipinski definition) is 3. The number of aromatic amines is 1. The molecular formula is C16H23ClN6O3. The van der Waals surface area contributed by atoms with Gasteiger partial charge in [-0.3, -0.25) is 14.4 Å². The average molecular weight is 383 g/mol. The highest BCUT2D eigenvalue weighted by Crippen LogP contribution is 2.25. The van der Waals surface area contributed by atoms with Crippen molar-refractivity contribution in [3.63, 3.8) is 0 Å². The molecule has 0 radical (unpaired) electrons. The molecule has 142 valence electrons. The smallest absolute Gasteiger partial charge is 0.259 e. The van der Waals surface area contributed by atoms with Crippen LogP contribution < -0.4 is 16.6 Å². The number of carbonyl (C=O) groups excluding carboxylic acids is 2. The molecule has 0 unspecified atom stereocenters. The van der Waals surface area contributed by atoms with Crippen LogP contribution in [0.25, 0.3) is 5.65 Å². The highest BCUT2D eigenvalue weighted by atomic mass is 35.5. The fourth-order valence-electron chi connectivity index (χ4n) is 3.16. The summed E-state index contributed by atoms with van der Waals surface area (Å²) in [4.78, 5) is 39.7. The van der Waals surface area contributed by atoms with Crippen LogP contribution in [-0.4, -0.2) is 58.0 Å². The number of rotatable bonds is 5. The van der Waals surface area contributed by atoms with Gasteiger partial charge in [-0.1, -0.05) is 0 Å². The Morgan fingerprint density at radius 3 is 2.73 bits per heavy atom. The minimum absolute atomic E-state index is 0. The summed E-state index contributed by atoms with van der Waals surface area (Å²) in [5.41, 5.74) is 6.38. The molecule has 2 aromatic rings. The van der Waals surface area contributed by atoms with Crippen LogP contribution in [-0.2, 0) is 4.79 Å². The van der Waals surface area contributed by atoms with Crippen molar-refractivity contribution in [2.45, 2.75) is 25.2 Å². The molecular weight excluding hydrogens is 360 g/mol. The SMILES string of the molecule is CN(CCC(N)=O)C(=O)c1cnn2c(C3CCNCC3)cc(=O)[nH]c12.Cl. The van der Waals surface area contributed by atoms with Gasteiger partial charge in [0.05, 0.1) is 11.9 Å². The molecule has 3 rings (SSSR count). The van der Waals surface area contributed by atoms with Gasteiger partial charge < -0.3 is 20.9 Å². The van der Waals surface area contributed by atoms with Crippen LogP contribution in [0.1, 0.15) is 41.2 Å². The van der Waals surface area contributed by atoms with Gasteiger partial charge in [-0.05, 0) is 25.9 Å². The quantitative estimate of drug-likeness (QED) is 0.663. The number of hydrogen-bond acceptors (Lipinski definition) is 5. The van der Waals surface area contributed by atoms with Gasteiger partial charge in [0, 0.05) is 32.0 Å². The van der Waals surface area contributed by atoms with Crippen molar-refractivity contribution in [3.8, 4) is 0 Å². The summed E-state index contributed by atoms with van der Waals surface area (Å²) in [6.07, 6.45) is 3.37. The van der Waals surface area contributed by atoms with Gasteiger partial charge in [0.1, 0.15) is 11.2 Å². The third-order valence-corrected chi connectivity index (χ3v) is 4.56. The normalized spacial score (nSPS) is 14.8. The largest absolute Gasteiger partial charge is 0.370 e. The fourth-order valence-corrected chi connectivity index (χ4v) is 3.16. The molecule has 0 spiro atoms. The van der Waals surface area contributed by atoms with E-state index in [1.165, 1.54) is 11.1 Å². The molecule has 1 aliphatic rings. The number of piperidine rings is 1. The van der Waals surface area contributed by atoms with Crippen molar-refractivity contribution in [1.82, 2.24) is 24.8 Å². The first kappa shape index (κ1) is 19.9. The maximum atomic E-state index is 12.6. The van der Waals surface area contributed by atoms with Crippen LogP contribution in [0.5, 0.6) is 0 Å². The van der Waals surface area contributed by atoms with Crippen LogP contribution in [0.4, 0.5) is 0 Å². The Bertz CT molecular complexity index is 855. The van der Waals surface area contributed by atoms with E-state index in [2.05, 4.69) is 15.4 Å². The van der Waals surface area contributed by atoms with Crippen molar-refractivity contribution in [3.05, 3.63) is 33.9 Å². The van der Waals surface area contributed by atoms with Gasteiger partial charge >= 0.3 is 0 Å². The molecule has 1 aliphatic heterocycles. The summed E-state index contributed by atoms with van der Waals surface area (Å²) < 4.78 is 1.65. The molecule has 26 heavy (non-hydrogen) atoms. The zero-order chi connectivity index (χ0) is 18.0. The van der Waals surface area contributed by atoms with Gasteiger partial charge in [0.2, 0.25) is 5.91 Å². The van der Waals surface area contributed by atoms with Crippen molar-refractivity contribution >= 4 is 29.9 Å². The van der Waals surface area contributed by atoms with E-state index in [9.17, 15) is 14.4 Å². The number of nitrogens with one attached hydrogen (secondary N) is 2. The molecule has 9 nitrogen and oxygen atoms in total. The number of aromatic nitrogens is 3. The summed E-state index contributed by atoms with van der Waals surface area (Å²) >= 11 is 0. The number of fused-ring (bicyclic) bond motifs is 1. The third kappa shape index (κ3) is 4.05. The Labute approximate surface area is 156 Å². The number of nitrogens with zero attached hydrogens (tertiary/aromatic N) is 3. The van der Waals surface area contributed by atoms with Crippen molar-refractivity contribution in [2.75, 3.05) is 26.7 Å². The predicted octanol–water partition coefficient (Wildman–Crippen LogP) is -0.141.